The van der Waals surface area contributed by atoms with Gasteiger partial charge in [0.2, 0.25) is 10.0 Å². The molecule has 1 unspecified atom stereocenters. The van der Waals surface area contributed by atoms with Crippen LogP contribution in [0.2, 0.25) is 0 Å². The van der Waals surface area contributed by atoms with Gasteiger partial charge in [0.1, 0.15) is 0 Å². The van der Waals surface area contributed by atoms with Crippen LogP contribution in [0.15, 0.2) is 59.5 Å². The highest BCUT2D eigenvalue weighted by Gasteiger charge is 2.15. The zero-order valence-corrected chi connectivity index (χ0v) is 14.6. The Kier molecular flexibility index (Phi) is 6.11. The molecular formula is C18H22N2O3S. The van der Waals surface area contributed by atoms with Crippen molar-refractivity contribution in [2.24, 2.45) is 0 Å². The van der Waals surface area contributed by atoms with Crippen LogP contribution < -0.4 is 10.0 Å². The minimum Gasteiger partial charge on any atom is -0.351 e. The lowest BCUT2D eigenvalue weighted by Crippen LogP contribution is -2.28. The van der Waals surface area contributed by atoms with E-state index in [1.54, 1.807) is 12.1 Å². The number of sulfonamides is 1. The summed E-state index contributed by atoms with van der Waals surface area (Å²) < 4.78 is 25.9. The Morgan fingerprint density at radius 3 is 2.42 bits per heavy atom. The lowest BCUT2D eigenvalue weighted by Gasteiger charge is -2.16. The van der Waals surface area contributed by atoms with Crippen molar-refractivity contribution in [1.29, 1.82) is 0 Å². The Bertz CT molecular complexity index is 789. The lowest BCUT2D eigenvalue weighted by atomic mass is 9.96. The average molecular weight is 346 g/mol. The van der Waals surface area contributed by atoms with Crippen LogP contribution >= 0.6 is 0 Å². The Morgan fingerprint density at radius 1 is 1.08 bits per heavy atom. The van der Waals surface area contributed by atoms with Crippen molar-refractivity contribution in [2.75, 3.05) is 13.6 Å². The topological polar surface area (TPSA) is 75.3 Å². The molecular weight excluding hydrogens is 324 g/mol. The third-order valence-corrected chi connectivity index (χ3v) is 5.36. The van der Waals surface area contributed by atoms with Gasteiger partial charge in [-0.15, -0.1) is 0 Å². The second-order valence-electron chi connectivity index (χ2n) is 5.46. The van der Waals surface area contributed by atoms with Gasteiger partial charge >= 0.3 is 0 Å². The number of hydrogen-bond acceptors (Lipinski definition) is 3. The van der Waals surface area contributed by atoms with Crippen LogP contribution in [0, 0.1) is 0 Å². The maximum atomic E-state index is 12.3. The zero-order chi connectivity index (χ0) is 17.6. The van der Waals surface area contributed by atoms with Crippen molar-refractivity contribution in [3.8, 4) is 0 Å². The Morgan fingerprint density at radius 2 is 1.79 bits per heavy atom. The molecule has 0 saturated heterocycles. The molecule has 0 radical (unpaired) electrons. The van der Waals surface area contributed by atoms with Crippen LogP contribution in [0.1, 0.15) is 35.2 Å². The van der Waals surface area contributed by atoms with Gasteiger partial charge in [0.25, 0.3) is 5.91 Å². The summed E-state index contributed by atoms with van der Waals surface area (Å²) in [5, 5.41) is 2.89. The van der Waals surface area contributed by atoms with Crippen molar-refractivity contribution in [2.45, 2.75) is 24.2 Å². The molecule has 2 rings (SSSR count). The van der Waals surface area contributed by atoms with Crippen LogP contribution in [0.3, 0.4) is 0 Å². The summed E-state index contributed by atoms with van der Waals surface area (Å²) in [5.41, 5.74) is 1.50. The number of carbonyl (C=O) groups is 1. The molecule has 0 aliphatic carbocycles. The van der Waals surface area contributed by atoms with Crippen molar-refractivity contribution in [1.82, 2.24) is 10.0 Å². The van der Waals surface area contributed by atoms with E-state index in [1.165, 1.54) is 24.7 Å². The van der Waals surface area contributed by atoms with Gasteiger partial charge in [-0.1, -0.05) is 43.3 Å². The number of benzene rings is 2. The van der Waals surface area contributed by atoms with E-state index in [0.29, 0.717) is 12.1 Å². The number of rotatable bonds is 7. The normalized spacial score (nSPS) is 12.6. The summed E-state index contributed by atoms with van der Waals surface area (Å²) in [7, 11) is -2.22. The fourth-order valence-corrected chi connectivity index (χ4v) is 3.24. The van der Waals surface area contributed by atoms with E-state index in [4.69, 9.17) is 0 Å². The molecule has 24 heavy (non-hydrogen) atoms. The monoisotopic (exact) mass is 346 g/mol. The summed E-state index contributed by atoms with van der Waals surface area (Å²) in [6.45, 7) is 2.58. The molecule has 0 aliphatic rings. The summed E-state index contributed by atoms with van der Waals surface area (Å²) in [6.07, 6.45) is 0.901. The van der Waals surface area contributed by atoms with E-state index < -0.39 is 10.0 Å². The van der Waals surface area contributed by atoms with E-state index in [1.807, 2.05) is 30.3 Å². The predicted molar refractivity (Wildman–Crippen MR) is 94.5 cm³/mol. The highest BCUT2D eigenvalue weighted by molar-refractivity contribution is 7.89. The quantitative estimate of drug-likeness (QED) is 0.809. The van der Waals surface area contributed by atoms with Gasteiger partial charge in [-0.2, -0.15) is 0 Å². The number of nitrogens with one attached hydrogen (secondary N) is 2. The molecule has 0 bridgehead atoms. The second kappa shape index (κ2) is 8.08. The molecule has 0 saturated carbocycles. The highest BCUT2D eigenvalue weighted by Crippen LogP contribution is 2.18. The number of carbonyl (C=O) groups excluding carboxylic acids is 1. The summed E-state index contributed by atoms with van der Waals surface area (Å²) in [5.74, 6) is -0.0584. The van der Waals surface area contributed by atoms with Gasteiger partial charge in [0.15, 0.2) is 0 Å². The number of amides is 1. The number of hydrogen-bond donors (Lipinski definition) is 2. The minimum absolute atomic E-state index is 0.0766. The molecule has 0 heterocycles. The molecule has 128 valence electrons. The van der Waals surface area contributed by atoms with E-state index in [2.05, 4.69) is 17.0 Å². The molecule has 2 aromatic rings. The smallest absolute Gasteiger partial charge is 0.251 e. The van der Waals surface area contributed by atoms with E-state index in [-0.39, 0.29) is 16.7 Å². The fourth-order valence-electron chi connectivity index (χ4n) is 2.46. The molecule has 1 amide bonds. The van der Waals surface area contributed by atoms with Gasteiger partial charge < -0.3 is 5.32 Å². The largest absolute Gasteiger partial charge is 0.351 e. The van der Waals surface area contributed by atoms with Crippen LogP contribution in [-0.2, 0) is 10.0 Å². The van der Waals surface area contributed by atoms with Gasteiger partial charge in [-0.25, -0.2) is 13.1 Å². The maximum absolute atomic E-state index is 12.3. The Balaban J connectivity index is 2.09. The molecule has 0 aromatic heterocycles. The summed E-state index contributed by atoms with van der Waals surface area (Å²) in [4.78, 5) is 12.4. The fraction of sp³-hybridized carbons (Fsp3) is 0.278. The zero-order valence-electron chi connectivity index (χ0n) is 13.8. The molecule has 6 heteroatoms. The standard InChI is InChI=1S/C18H22N2O3S/c1-3-14(15-8-5-4-6-9-15)13-20-18(21)16-10-7-11-17(12-16)24(22,23)19-2/h4-12,14,19H,3,13H2,1-2H3,(H,20,21). The van der Waals surface area contributed by atoms with Crippen molar-refractivity contribution < 1.29 is 13.2 Å². The van der Waals surface area contributed by atoms with Crippen LogP contribution in [0.25, 0.3) is 0 Å². The predicted octanol–water partition coefficient (Wildman–Crippen LogP) is 2.52. The van der Waals surface area contributed by atoms with E-state index >= 15 is 0 Å². The first-order valence-electron chi connectivity index (χ1n) is 7.84. The summed E-state index contributed by atoms with van der Waals surface area (Å²) in [6, 6.07) is 16.0. The van der Waals surface area contributed by atoms with Gasteiger partial charge in [0.05, 0.1) is 4.90 Å². The van der Waals surface area contributed by atoms with Crippen molar-refractivity contribution in [3.05, 3.63) is 65.7 Å². The van der Waals surface area contributed by atoms with Crippen LogP contribution in [0.5, 0.6) is 0 Å². The lowest BCUT2D eigenvalue weighted by molar-refractivity contribution is 0.0950. The molecule has 2 aromatic carbocycles. The average Bonchev–Trinajstić information content (AvgIpc) is 2.63. The summed E-state index contributed by atoms with van der Waals surface area (Å²) >= 11 is 0. The van der Waals surface area contributed by atoms with Gasteiger partial charge in [-0.3, -0.25) is 4.79 Å². The van der Waals surface area contributed by atoms with Gasteiger partial charge in [0, 0.05) is 18.0 Å². The molecule has 1 atom stereocenters. The molecule has 5 nitrogen and oxygen atoms in total. The molecule has 0 aliphatic heterocycles. The Labute approximate surface area is 143 Å². The Hall–Kier alpha value is -2.18. The molecule has 0 fully saturated rings. The first-order chi connectivity index (χ1) is 11.5. The SMILES string of the molecule is CCC(CNC(=O)c1cccc(S(=O)(=O)NC)c1)c1ccccc1. The van der Waals surface area contributed by atoms with Crippen molar-refractivity contribution in [3.63, 3.8) is 0 Å². The minimum atomic E-state index is -3.56. The maximum Gasteiger partial charge on any atom is 0.251 e. The second-order valence-corrected chi connectivity index (χ2v) is 7.35. The third-order valence-electron chi connectivity index (χ3n) is 3.95. The van der Waals surface area contributed by atoms with Gasteiger partial charge in [-0.05, 0) is 37.2 Å². The van der Waals surface area contributed by atoms with E-state index in [9.17, 15) is 13.2 Å². The van der Waals surface area contributed by atoms with E-state index in [0.717, 1.165) is 6.42 Å². The van der Waals surface area contributed by atoms with Crippen LogP contribution in [-0.4, -0.2) is 27.9 Å². The van der Waals surface area contributed by atoms with Crippen molar-refractivity contribution >= 4 is 15.9 Å². The molecule has 0 spiro atoms. The first kappa shape index (κ1) is 18.2. The first-order valence-corrected chi connectivity index (χ1v) is 9.33. The highest BCUT2D eigenvalue weighted by atomic mass is 32.2. The van der Waals surface area contributed by atoms with Crippen LogP contribution in [0.4, 0.5) is 0 Å². The molecule has 2 N–H and O–H groups in total. The third kappa shape index (κ3) is 4.43.